The van der Waals surface area contributed by atoms with Gasteiger partial charge in [0.15, 0.2) is 5.84 Å². The van der Waals surface area contributed by atoms with Gasteiger partial charge in [-0.2, -0.15) is 0 Å². The zero-order valence-electron chi connectivity index (χ0n) is 12.9. The van der Waals surface area contributed by atoms with Gasteiger partial charge in [0.05, 0.1) is 11.3 Å². The number of rotatable bonds is 3. The van der Waals surface area contributed by atoms with Gasteiger partial charge in [0.2, 0.25) is 0 Å². The fourth-order valence-corrected chi connectivity index (χ4v) is 4.01. The standard InChI is InChI=1S/C14H20N4O3S.ClH/c1-15-9-11-4-6-18(10-11)14(19)12-3-2-5-17-7-8-22(20,21)16-13(12)17;/h2-3,5,11,15H,4,6-10H2,1H3;1H. The number of hydrogen-bond donors (Lipinski definition) is 1. The van der Waals surface area contributed by atoms with Crippen molar-refractivity contribution in [2.45, 2.75) is 6.42 Å². The third-order valence-electron chi connectivity index (χ3n) is 4.15. The fourth-order valence-electron chi connectivity index (χ4n) is 3.03. The van der Waals surface area contributed by atoms with Crippen LogP contribution in [0.1, 0.15) is 6.42 Å². The van der Waals surface area contributed by atoms with Gasteiger partial charge in [-0.05, 0) is 38.1 Å². The van der Waals surface area contributed by atoms with Crippen LogP contribution in [0.4, 0.5) is 0 Å². The molecule has 0 saturated carbocycles. The normalized spacial score (nSPS) is 25.3. The molecular weight excluding hydrogens is 340 g/mol. The van der Waals surface area contributed by atoms with Crippen molar-refractivity contribution in [1.82, 2.24) is 15.1 Å². The molecule has 3 aliphatic heterocycles. The Morgan fingerprint density at radius 2 is 2.22 bits per heavy atom. The summed E-state index contributed by atoms with van der Waals surface area (Å²) in [5.41, 5.74) is 0.371. The van der Waals surface area contributed by atoms with Gasteiger partial charge in [-0.15, -0.1) is 16.8 Å². The number of nitrogens with zero attached hydrogens (tertiary/aromatic N) is 3. The van der Waals surface area contributed by atoms with Crippen LogP contribution in [0.25, 0.3) is 0 Å². The maximum absolute atomic E-state index is 12.7. The van der Waals surface area contributed by atoms with E-state index >= 15 is 0 Å². The smallest absolute Gasteiger partial charge is 0.257 e. The van der Waals surface area contributed by atoms with Crippen LogP contribution in [-0.2, 0) is 14.8 Å². The molecule has 1 amide bonds. The Bertz CT molecular complexity index is 672. The number of sulfonamides is 1. The molecule has 0 aromatic heterocycles. The van der Waals surface area contributed by atoms with Crippen molar-refractivity contribution in [2.75, 3.05) is 39.0 Å². The first kappa shape index (κ1) is 18.0. The minimum Gasteiger partial charge on any atom is -0.338 e. The van der Waals surface area contributed by atoms with Gasteiger partial charge in [0.1, 0.15) is 0 Å². The van der Waals surface area contributed by atoms with E-state index in [-0.39, 0.29) is 29.9 Å². The Morgan fingerprint density at radius 3 is 2.96 bits per heavy atom. The van der Waals surface area contributed by atoms with Crippen LogP contribution < -0.4 is 5.32 Å². The molecule has 0 aliphatic carbocycles. The third-order valence-corrected chi connectivity index (χ3v) is 5.30. The van der Waals surface area contributed by atoms with Gasteiger partial charge in [-0.1, -0.05) is 0 Å². The van der Waals surface area contributed by atoms with Gasteiger partial charge < -0.3 is 15.1 Å². The Labute approximate surface area is 142 Å². The molecule has 0 bridgehead atoms. The monoisotopic (exact) mass is 360 g/mol. The highest BCUT2D eigenvalue weighted by Gasteiger charge is 2.34. The second-order valence-corrected chi connectivity index (χ2v) is 7.53. The van der Waals surface area contributed by atoms with Crippen LogP contribution in [-0.4, -0.2) is 68.9 Å². The van der Waals surface area contributed by atoms with E-state index in [1.54, 1.807) is 28.2 Å². The van der Waals surface area contributed by atoms with Crippen molar-refractivity contribution in [2.24, 2.45) is 10.3 Å². The summed E-state index contributed by atoms with van der Waals surface area (Å²) < 4.78 is 27.3. The van der Waals surface area contributed by atoms with Crippen LogP contribution in [0.2, 0.25) is 0 Å². The van der Waals surface area contributed by atoms with Gasteiger partial charge in [0.25, 0.3) is 15.9 Å². The van der Waals surface area contributed by atoms with E-state index in [1.807, 2.05) is 7.05 Å². The van der Waals surface area contributed by atoms with Crippen LogP contribution in [0.15, 0.2) is 28.3 Å². The summed E-state index contributed by atoms with van der Waals surface area (Å²) in [6.07, 6.45) is 6.15. The highest BCUT2D eigenvalue weighted by molar-refractivity contribution is 7.90. The first-order chi connectivity index (χ1) is 10.5. The largest absolute Gasteiger partial charge is 0.338 e. The second kappa shape index (κ2) is 7.02. The predicted octanol–water partition coefficient (Wildman–Crippen LogP) is -0.0263. The Morgan fingerprint density at radius 1 is 1.43 bits per heavy atom. The predicted molar refractivity (Wildman–Crippen MR) is 91.0 cm³/mol. The van der Waals surface area contributed by atoms with E-state index < -0.39 is 10.0 Å². The number of allylic oxidation sites excluding steroid dienone is 2. The lowest BCUT2D eigenvalue weighted by Crippen LogP contribution is -2.43. The number of carbonyl (C=O) groups excluding carboxylic acids is 1. The molecule has 128 valence electrons. The first-order valence-electron chi connectivity index (χ1n) is 7.42. The zero-order valence-corrected chi connectivity index (χ0v) is 14.6. The highest BCUT2D eigenvalue weighted by Crippen LogP contribution is 2.23. The van der Waals surface area contributed by atoms with Crippen molar-refractivity contribution in [3.63, 3.8) is 0 Å². The minimum atomic E-state index is -3.47. The summed E-state index contributed by atoms with van der Waals surface area (Å²) in [4.78, 5) is 16.2. The van der Waals surface area contributed by atoms with E-state index in [2.05, 4.69) is 9.71 Å². The highest BCUT2D eigenvalue weighted by atomic mass is 35.5. The van der Waals surface area contributed by atoms with Crippen molar-refractivity contribution < 1.29 is 13.2 Å². The number of amides is 1. The molecule has 1 N–H and O–H groups in total. The molecular formula is C14H21ClN4O3S. The summed E-state index contributed by atoms with van der Waals surface area (Å²) in [6.45, 7) is 2.61. The average molecular weight is 361 g/mol. The molecule has 1 fully saturated rings. The SMILES string of the molecule is CNCC1CCN(C(=O)C2=CC=CN3CCS(=O)(=O)N=C23)C1.Cl. The Balaban J connectivity index is 0.00000192. The number of hydrogen-bond acceptors (Lipinski definition) is 5. The van der Waals surface area contributed by atoms with Crippen LogP contribution in [0, 0.1) is 5.92 Å². The van der Waals surface area contributed by atoms with Crippen LogP contribution >= 0.6 is 12.4 Å². The molecule has 23 heavy (non-hydrogen) atoms. The topological polar surface area (TPSA) is 82.1 Å². The molecule has 3 aliphatic rings. The van der Waals surface area contributed by atoms with E-state index in [0.29, 0.717) is 31.1 Å². The van der Waals surface area contributed by atoms with Crippen molar-refractivity contribution in [1.29, 1.82) is 0 Å². The number of halogens is 1. The summed E-state index contributed by atoms with van der Waals surface area (Å²) in [7, 11) is -1.57. The van der Waals surface area contributed by atoms with E-state index in [9.17, 15) is 13.2 Å². The lowest BCUT2D eigenvalue weighted by molar-refractivity contribution is -0.125. The summed E-state index contributed by atoms with van der Waals surface area (Å²) >= 11 is 0. The summed E-state index contributed by atoms with van der Waals surface area (Å²) in [5.74, 6) is 0.553. The number of carbonyl (C=O) groups is 1. The van der Waals surface area contributed by atoms with E-state index in [4.69, 9.17) is 0 Å². The average Bonchev–Trinajstić information content (AvgIpc) is 2.94. The van der Waals surface area contributed by atoms with Crippen molar-refractivity contribution >= 4 is 34.2 Å². The van der Waals surface area contributed by atoms with Gasteiger partial charge >= 0.3 is 0 Å². The Kier molecular flexibility index (Phi) is 5.49. The molecule has 0 spiro atoms. The van der Waals surface area contributed by atoms with Crippen LogP contribution in [0.3, 0.4) is 0 Å². The fraction of sp³-hybridized carbons (Fsp3) is 0.571. The maximum Gasteiger partial charge on any atom is 0.257 e. The van der Waals surface area contributed by atoms with Gasteiger partial charge in [0, 0.05) is 25.8 Å². The molecule has 3 rings (SSSR count). The van der Waals surface area contributed by atoms with Gasteiger partial charge in [-0.25, -0.2) is 8.42 Å². The number of amidine groups is 1. The van der Waals surface area contributed by atoms with E-state index in [1.165, 1.54) is 0 Å². The van der Waals surface area contributed by atoms with Crippen molar-refractivity contribution in [3.8, 4) is 0 Å². The molecule has 0 aromatic carbocycles. The number of likely N-dealkylation sites (tertiary alicyclic amines) is 1. The number of nitrogens with one attached hydrogen (secondary N) is 1. The minimum absolute atomic E-state index is 0. The van der Waals surface area contributed by atoms with E-state index in [0.717, 1.165) is 13.0 Å². The third kappa shape index (κ3) is 3.76. The quantitative estimate of drug-likeness (QED) is 0.764. The molecule has 1 saturated heterocycles. The number of fused-ring (bicyclic) bond motifs is 1. The lowest BCUT2D eigenvalue weighted by Gasteiger charge is -2.30. The summed E-state index contributed by atoms with van der Waals surface area (Å²) in [5, 5.41) is 3.13. The zero-order chi connectivity index (χ0) is 15.7. The molecule has 9 heteroatoms. The second-order valence-electron chi connectivity index (χ2n) is 5.78. The van der Waals surface area contributed by atoms with Crippen LogP contribution in [0.5, 0.6) is 0 Å². The molecule has 1 atom stereocenters. The molecule has 3 heterocycles. The first-order valence-corrected chi connectivity index (χ1v) is 9.03. The molecule has 7 nitrogen and oxygen atoms in total. The summed E-state index contributed by atoms with van der Waals surface area (Å²) in [6, 6.07) is 0. The van der Waals surface area contributed by atoms with Gasteiger partial charge in [-0.3, -0.25) is 4.79 Å². The van der Waals surface area contributed by atoms with Crippen molar-refractivity contribution in [3.05, 3.63) is 23.9 Å². The molecule has 0 aromatic rings. The molecule has 0 radical (unpaired) electrons. The lowest BCUT2D eigenvalue weighted by atomic mass is 10.1. The Hall–Kier alpha value is -1.38. The maximum atomic E-state index is 12.7. The molecule has 1 unspecified atom stereocenters.